The predicted octanol–water partition coefficient (Wildman–Crippen LogP) is 1.94. The summed E-state index contributed by atoms with van der Waals surface area (Å²) in [5.41, 5.74) is 1.91. The van der Waals surface area contributed by atoms with Crippen molar-refractivity contribution in [2.24, 2.45) is 0 Å². The van der Waals surface area contributed by atoms with Gasteiger partial charge < -0.3 is 8.64 Å². The van der Waals surface area contributed by atoms with E-state index in [9.17, 15) is 0 Å². The maximum atomic E-state index is 8.81. The van der Waals surface area contributed by atoms with Gasteiger partial charge in [-0.15, -0.1) is 0 Å². The fraction of sp³-hybridized carbons (Fsp3) is 0.143. The van der Waals surface area contributed by atoms with Gasteiger partial charge in [-0.05, 0) is 6.07 Å². The molecule has 0 aliphatic carbocycles. The minimum Gasteiger partial charge on any atom is -0.392 e. The molecule has 0 bridgehead atoms. The van der Waals surface area contributed by atoms with E-state index in [2.05, 4.69) is 3.53 Å². The molecule has 1 rings (SSSR count). The first-order valence-electron chi connectivity index (χ1n) is 2.94. The molecule has 0 amide bonds. The normalized spacial score (nSPS) is 9.40. The SMILES string of the molecule is OCc1ccccc1NI. The highest BCUT2D eigenvalue weighted by atomic mass is 127. The van der Waals surface area contributed by atoms with E-state index in [4.69, 9.17) is 5.11 Å². The number of hydrogen-bond acceptors (Lipinski definition) is 2. The summed E-state index contributed by atoms with van der Waals surface area (Å²) in [5, 5.41) is 8.81. The first-order chi connectivity index (χ1) is 4.88. The lowest BCUT2D eigenvalue weighted by Crippen LogP contribution is -1.88. The zero-order chi connectivity index (χ0) is 7.40. The lowest BCUT2D eigenvalue weighted by Gasteiger charge is -2.02. The molecule has 0 aliphatic heterocycles. The average Bonchev–Trinajstić information content (AvgIpc) is 2.04. The molecule has 0 atom stereocenters. The molecule has 0 radical (unpaired) electrons. The van der Waals surface area contributed by atoms with Gasteiger partial charge in [-0.2, -0.15) is 0 Å². The molecule has 1 aromatic carbocycles. The molecular formula is C7H8INO. The number of para-hydroxylation sites is 1. The van der Waals surface area contributed by atoms with Crippen molar-refractivity contribution in [3.8, 4) is 0 Å². The molecule has 0 fully saturated rings. The van der Waals surface area contributed by atoms with Crippen molar-refractivity contribution < 1.29 is 5.11 Å². The topological polar surface area (TPSA) is 32.3 Å². The molecule has 0 heterocycles. The number of halogens is 1. The first kappa shape index (κ1) is 7.81. The van der Waals surface area contributed by atoms with Crippen molar-refractivity contribution in [1.82, 2.24) is 0 Å². The third-order valence-corrected chi connectivity index (χ3v) is 1.87. The van der Waals surface area contributed by atoms with Crippen LogP contribution in [0.25, 0.3) is 0 Å². The van der Waals surface area contributed by atoms with E-state index in [0.29, 0.717) is 0 Å². The van der Waals surface area contributed by atoms with Crippen LogP contribution in [0.15, 0.2) is 24.3 Å². The summed E-state index contributed by atoms with van der Waals surface area (Å²) in [6.07, 6.45) is 0. The Bertz CT molecular complexity index is 192. The number of hydrogen-bond donors (Lipinski definition) is 2. The van der Waals surface area contributed by atoms with Crippen molar-refractivity contribution in [3.05, 3.63) is 29.8 Å². The molecule has 0 aliphatic rings. The van der Waals surface area contributed by atoms with Gasteiger partial charge in [0.05, 0.1) is 29.5 Å². The molecule has 54 valence electrons. The first-order valence-corrected chi connectivity index (χ1v) is 4.01. The van der Waals surface area contributed by atoms with Gasteiger partial charge in [0, 0.05) is 11.3 Å². The molecule has 1 aromatic rings. The lowest BCUT2D eigenvalue weighted by atomic mass is 10.2. The van der Waals surface area contributed by atoms with E-state index in [1.165, 1.54) is 0 Å². The number of aliphatic hydroxyl groups excluding tert-OH is 1. The predicted molar refractivity (Wildman–Crippen MR) is 50.0 cm³/mol. The minimum absolute atomic E-state index is 0.0895. The monoisotopic (exact) mass is 249 g/mol. The molecule has 0 saturated heterocycles. The van der Waals surface area contributed by atoms with Crippen molar-refractivity contribution >= 4 is 28.6 Å². The molecule has 0 saturated carbocycles. The summed E-state index contributed by atoms with van der Waals surface area (Å²) >= 11 is 2.04. The second-order valence-electron chi connectivity index (χ2n) is 1.91. The molecule has 2 N–H and O–H groups in total. The van der Waals surface area contributed by atoms with E-state index in [1.807, 2.05) is 47.1 Å². The molecular weight excluding hydrogens is 241 g/mol. The van der Waals surface area contributed by atoms with Crippen molar-refractivity contribution in [3.63, 3.8) is 0 Å². The Morgan fingerprint density at radius 2 is 2.10 bits per heavy atom. The largest absolute Gasteiger partial charge is 0.392 e. The molecule has 0 unspecified atom stereocenters. The van der Waals surface area contributed by atoms with Crippen LogP contribution in [0.4, 0.5) is 5.69 Å². The fourth-order valence-electron chi connectivity index (χ4n) is 0.750. The molecule has 10 heavy (non-hydrogen) atoms. The van der Waals surface area contributed by atoms with Crippen LogP contribution in [-0.2, 0) is 6.61 Å². The van der Waals surface area contributed by atoms with Crippen LogP contribution in [0.1, 0.15) is 5.56 Å². The standard InChI is InChI=1S/C7H8INO/c8-9-7-4-2-1-3-6(7)5-10/h1-4,9-10H,5H2. The Morgan fingerprint density at radius 1 is 1.40 bits per heavy atom. The van der Waals surface area contributed by atoms with Gasteiger partial charge >= 0.3 is 0 Å². The van der Waals surface area contributed by atoms with E-state index in [0.717, 1.165) is 11.3 Å². The lowest BCUT2D eigenvalue weighted by molar-refractivity contribution is 0.282. The van der Waals surface area contributed by atoms with E-state index < -0.39 is 0 Å². The van der Waals surface area contributed by atoms with Crippen molar-refractivity contribution in [2.45, 2.75) is 6.61 Å². The maximum Gasteiger partial charge on any atom is 0.0702 e. The van der Waals surface area contributed by atoms with Crippen LogP contribution in [0.5, 0.6) is 0 Å². The number of rotatable bonds is 2. The van der Waals surface area contributed by atoms with Gasteiger partial charge in [0.25, 0.3) is 0 Å². The summed E-state index contributed by atoms with van der Waals surface area (Å²) in [5.74, 6) is 0. The number of benzene rings is 1. The summed E-state index contributed by atoms with van der Waals surface area (Å²) in [4.78, 5) is 0. The zero-order valence-corrected chi connectivity index (χ0v) is 7.50. The molecule has 3 heteroatoms. The highest BCUT2D eigenvalue weighted by Crippen LogP contribution is 2.15. The fourth-order valence-corrected chi connectivity index (χ4v) is 1.28. The summed E-state index contributed by atoms with van der Waals surface area (Å²) in [6, 6.07) is 7.65. The second-order valence-corrected chi connectivity index (χ2v) is 2.45. The van der Waals surface area contributed by atoms with Gasteiger partial charge in [-0.25, -0.2) is 0 Å². The third-order valence-electron chi connectivity index (χ3n) is 1.29. The van der Waals surface area contributed by atoms with Crippen LogP contribution < -0.4 is 3.53 Å². The Balaban J connectivity index is 2.96. The molecule has 2 nitrogen and oxygen atoms in total. The van der Waals surface area contributed by atoms with Crippen molar-refractivity contribution in [1.29, 1.82) is 0 Å². The number of nitrogens with one attached hydrogen (secondary N) is 1. The van der Waals surface area contributed by atoms with E-state index in [-0.39, 0.29) is 6.61 Å². The summed E-state index contributed by atoms with van der Waals surface area (Å²) in [7, 11) is 0. The third kappa shape index (κ3) is 1.60. The zero-order valence-electron chi connectivity index (χ0n) is 5.34. The van der Waals surface area contributed by atoms with Crippen molar-refractivity contribution in [2.75, 3.05) is 3.53 Å². The van der Waals surface area contributed by atoms with Crippen LogP contribution >= 0.6 is 22.9 Å². The smallest absolute Gasteiger partial charge is 0.0702 e. The Kier molecular flexibility index (Phi) is 2.95. The quantitative estimate of drug-likeness (QED) is 0.620. The summed E-state index contributed by atoms with van der Waals surface area (Å²) < 4.78 is 2.96. The van der Waals surface area contributed by atoms with Crippen LogP contribution in [-0.4, -0.2) is 5.11 Å². The van der Waals surface area contributed by atoms with E-state index >= 15 is 0 Å². The maximum absolute atomic E-state index is 8.81. The van der Waals surface area contributed by atoms with Gasteiger partial charge in [-0.1, -0.05) is 18.2 Å². The number of aliphatic hydroxyl groups is 1. The second kappa shape index (κ2) is 3.78. The van der Waals surface area contributed by atoms with Gasteiger partial charge in [-0.3, -0.25) is 0 Å². The Labute approximate surface area is 73.8 Å². The molecule has 0 aromatic heterocycles. The van der Waals surface area contributed by atoms with Gasteiger partial charge in [0.1, 0.15) is 0 Å². The number of anilines is 1. The average molecular weight is 249 g/mol. The van der Waals surface area contributed by atoms with E-state index in [1.54, 1.807) is 0 Å². The Morgan fingerprint density at radius 3 is 2.60 bits per heavy atom. The van der Waals surface area contributed by atoms with Crippen LogP contribution in [0.3, 0.4) is 0 Å². The minimum atomic E-state index is 0.0895. The highest BCUT2D eigenvalue weighted by molar-refractivity contribution is 14.1. The highest BCUT2D eigenvalue weighted by Gasteiger charge is 1.95. The van der Waals surface area contributed by atoms with Crippen LogP contribution in [0.2, 0.25) is 0 Å². The van der Waals surface area contributed by atoms with Crippen LogP contribution in [0, 0.1) is 0 Å². The Hall–Kier alpha value is -0.290. The molecule has 0 spiro atoms. The van der Waals surface area contributed by atoms with Gasteiger partial charge in [0.2, 0.25) is 0 Å². The summed E-state index contributed by atoms with van der Waals surface area (Å²) in [6.45, 7) is 0.0895. The van der Waals surface area contributed by atoms with Gasteiger partial charge in [0.15, 0.2) is 0 Å².